The number of urea groups is 1. The van der Waals surface area contributed by atoms with Crippen molar-refractivity contribution in [1.29, 1.82) is 0 Å². The zero-order chi connectivity index (χ0) is 27.5. The van der Waals surface area contributed by atoms with Crippen LogP contribution < -0.4 is 15.0 Å². The molecule has 2 amide bonds. The molecule has 0 bridgehead atoms. The molecule has 1 saturated carbocycles. The summed E-state index contributed by atoms with van der Waals surface area (Å²) in [4.78, 5) is 25.7. The van der Waals surface area contributed by atoms with Crippen molar-refractivity contribution in [2.24, 2.45) is 5.92 Å². The van der Waals surface area contributed by atoms with Crippen LogP contribution in [-0.2, 0) is 4.79 Å². The highest BCUT2D eigenvalue weighted by atomic mass is 19.2. The van der Waals surface area contributed by atoms with Crippen molar-refractivity contribution in [2.45, 2.75) is 57.5 Å². The van der Waals surface area contributed by atoms with E-state index >= 15 is 0 Å². The summed E-state index contributed by atoms with van der Waals surface area (Å²) in [6, 6.07) is 17.0. The average molecular weight is 535 g/mol. The highest BCUT2D eigenvalue weighted by Crippen LogP contribution is 2.40. The van der Waals surface area contributed by atoms with Gasteiger partial charge in [0, 0.05) is 18.2 Å². The number of benzene rings is 3. The van der Waals surface area contributed by atoms with E-state index in [0.717, 1.165) is 48.9 Å². The first-order valence-electron chi connectivity index (χ1n) is 13.5. The standard InChI is InChI=1S/C31H32F2N2O4/c1-2-25-18-35(31(38)34-24-12-13-26(32)27(33)17-24)28-14-11-23(16-29(28)39-25)22-9-7-21(8-10-22)20-5-3-19(4-6-20)15-30(36)37/h7-14,16-17,19-20,25H,2-6,15,18H2,1H3,(H,34,38)(H,36,37). The van der Waals surface area contributed by atoms with Crippen LogP contribution in [0, 0.1) is 17.6 Å². The summed E-state index contributed by atoms with van der Waals surface area (Å²) in [5.74, 6) is -1.40. The van der Waals surface area contributed by atoms with Crippen LogP contribution in [0.15, 0.2) is 60.7 Å². The maximum absolute atomic E-state index is 13.6. The number of nitrogens with zero attached hydrogens (tertiary/aromatic N) is 1. The first-order valence-corrected chi connectivity index (χ1v) is 13.5. The molecule has 8 heteroatoms. The normalized spacial score (nSPS) is 20.6. The topological polar surface area (TPSA) is 78.9 Å². The Bertz CT molecular complexity index is 1350. The van der Waals surface area contributed by atoms with E-state index in [2.05, 4.69) is 29.6 Å². The Kier molecular flexibility index (Phi) is 7.82. The molecule has 204 valence electrons. The quantitative estimate of drug-likeness (QED) is 0.342. The summed E-state index contributed by atoms with van der Waals surface area (Å²) in [7, 11) is 0. The number of hydrogen-bond acceptors (Lipinski definition) is 3. The van der Waals surface area contributed by atoms with Crippen LogP contribution in [0.5, 0.6) is 5.75 Å². The molecular weight excluding hydrogens is 502 g/mol. The van der Waals surface area contributed by atoms with Crippen molar-refractivity contribution < 1.29 is 28.2 Å². The number of carboxylic acid groups (broad SMARTS) is 1. The third-order valence-electron chi connectivity index (χ3n) is 7.83. The van der Waals surface area contributed by atoms with Crippen molar-refractivity contribution in [3.63, 3.8) is 0 Å². The monoisotopic (exact) mass is 534 g/mol. The predicted molar refractivity (Wildman–Crippen MR) is 146 cm³/mol. The molecule has 1 unspecified atom stereocenters. The van der Waals surface area contributed by atoms with Crippen molar-refractivity contribution in [1.82, 2.24) is 0 Å². The van der Waals surface area contributed by atoms with E-state index in [0.29, 0.717) is 30.3 Å². The van der Waals surface area contributed by atoms with Gasteiger partial charge in [0.25, 0.3) is 0 Å². The Hall–Kier alpha value is -3.94. The Labute approximate surface area is 226 Å². The summed E-state index contributed by atoms with van der Waals surface area (Å²) in [5.41, 5.74) is 4.04. The second-order valence-electron chi connectivity index (χ2n) is 10.4. The SMILES string of the molecule is CCC1CN(C(=O)Nc2ccc(F)c(F)c2)c2ccc(-c3ccc(C4CCC(CC(=O)O)CC4)cc3)cc2O1. The maximum Gasteiger partial charge on any atom is 0.326 e. The van der Waals surface area contributed by atoms with E-state index in [1.165, 1.54) is 11.6 Å². The van der Waals surface area contributed by atoms with Crippen LogP contribution in [0.3, 0.4) is 0 Å². The van der Waals surface area contributed by atoms with E-state index in [9.17, 15) is 18.4 Å². The summed E-state index contributed by atoms with van der Waals surface area (Å²) in [6.07, 6.45) is 4.65. The minimum Gasteiger partial charge on any atom is -0.486 e. The molecule has 2 N–H and O–H groups in total. The maximum atomic E-state index is 13.6. The highest BCUT2D eigenvalue weighted by Gasteiger charge is 2.30. The number of anilines is 2. The zero-order valence-corrected chi connectivity index (χ0v) is 21.8. The predicted octanol–water partition coefficient (Wildman–Crippen LogP) is 7.59. The van der Waals surface area contributed by atoms with Crippen molar-refractivity contribution in [2.75, 3.05) is 16.8 Å². The molecule has 3 aromatic carbocycles. The molecule has 0 aromatic heterocycles. The van der Waals surface area contributed by atoms with Gasteiger partial charge in [0.15, 0.2) is 11.6 Å². The largest absolute Gasteiger partial charge is 0.486 e. The average Bonchev–Trinajstić information content (AvgIpc) is 2.94. The number of nitrogens with one attached hydrogen (secondary N) is 1. The fourth-order valence-corrected chi connectivity index (χ4v) is 5.59. The van der Waals surface area contributed by atoms with Crippen LogP contribution in [-0.4, -0.2) is 29.8 Å². The lowest BCUT2D eigenvalue weighted by atomic mass is 9.77. The molecular formula is C31H32F2N2O4. The molecule has 6 nitrogen and oxygen atoms in total. The minimum absolute atomic E-state index is 0.173. The van der Waals surface area contributed by atoms with Gasteiger partial charge in [-0.2, -0.15) is 0 Å². The molecule has 1 atom stereocenters. The van der Waals surface area contributed by atoms with E-state index in [4.69, 9.17) is 9.84 Å². The molecule has 5 rings (SSSR count). The van der Waals surface area contributed by atoms with Gasteiger partial charge in [0.1, 0.15) is 11.9 Å². The first-order chi connectivity index (χ1) is 18.8. The van der Waals surface area contributed by atoms with Gasteiger partial charge in [0.05, 0.1) is 12.2 Å². The zero-order valence-electron chi connectivity index (χ0n) is 21.8. The molecule has 2 aliphatic rings. The van der Waals surface area contributed by atoms with Crippen molar-refractivity contribution in [3.8, 4) is 16.9 Å². The van der Waals surface area contributed by atoms with E-state index in [1.807, 2.05) is 25.1 Å². The summed E-state index contributed by atoms with van der Waals surface area (Å²) in [6.45, 7) is 2.32. The molecule has 0 radical (unpaired) electrons. The number of fused-ring (bicyclic) bond motifs is 1. The molecule has 1 heterocycles. The number of carbonyl (C=O) groups excluding carboxylic acids is 1. The van der Waals surface area contributed by atoms with Crippen molar-refractivity contribution >= 4 is 23.4 Å². The van der Waals surface area contributed by atoms with Crippen LogP contribution in [0.4, 0.5) is 25.0 Å². The highest BCUT2D eigenvalue weighted by molar-refractivity contribution is 6.03. The fraction of sp³-hybridized carbons (Fsp3) is 0.355. The lowest BCUT2D eigenvalue weighted by molar-refractivity contribution is -0.138. The van der Waals surface area contributed by atoms with Crippen LogP contribution in [0.25, 0.3) is 11.1 Å². The van der Waals surface area contributed by atoms with Crippen LogP contribution in [0.1, 0.15) is 56.9 Å². The third-order valence-corrected chi connectivity index (χ3v) is 7.83. The lowest BCUT2D eigenvalue weighted by Gasteiger charge is -2.35. The van der Waals surface area contributed by atoms with Gasteiger partial charge < -0.3 is 15.2 Å². The van der Waals surface area contributed by atoms with Gasteiger partial charge in [-0.25, -0.2) is 13.6 Å². The summed E-state index contributed by atoms with van der Waals surface area (Å²) < 4.78 is 33.1. The second kappa shape index (κ2) is 11.4. The van der Waals surface area contributed by atoms with Crippen LogP contribution >= 0.6 is 0 Å². The molecule has 0 saturated heterocycles. The van der Waals surface area contributed by atoms with Crippen molar-refractivity contribution in [3.05, 3.63) is 77.9 Å². The van der Waals surface area contributed by atoms with E-state index < -0.39 is 23.6 Å². The van der Waals surface area contributed by atoms with Gasteiger partial charge in [-0.05, 0) is 84.9 Å². The smallest absolute Gasteiger partial charge is 0.326 e. The Morgan fingerprint density at radius 2 is 1.67 bits per heavy atom. The molecule has 3 aromatic rings. The molecule has 1 aliphatic carbocycles. The number of carboxylic acids is 1. The van der Waals surface area contributed by atoms with Gasteiger partial charge in [0.2, 0.25) is 0 Å². The van der Waals surface area contributed by atoms with E-state index in [1.54, 1.807) is 4.90 Å². The van der Waals surface area contributed by atoms with Gasteiger partial charge in [-0.15, -0.1) is 0 Å². The molecule has 0 spiro atoms. The number of carbonyl (C=O) groups is 2. The number of amides is 2. The number of ether oxygens (including phenoxy) is 1. The Balaban J connectivity index is 1.31. The van der Waals surface area contributed by atoms with Gasteiger partial charge in [-0.1, -0.05) is 37.3 Å². The number of rotatable bonds is 6. The number of hydrogen-bond donors (Lipinski definition) is 2. The molecule has 1 fully saturated rings. The lowest BCUT2D eigenvalue weighted by Crippen LogP contribution is -2.45. The van der Waals surface area contributed by atoms with Crippen LogP contribution in [0.2, 0.25) is 0 Å². The summed E-state index contributed by atoms with van der Waals surface area (Å²) >= 11 is 0. The van der Waals surface area contributed by atoms with Gasteiger partial charge in [-0.3, -0.25) is 9.69 Å². The minimum atomic E-state index is -1.02. The van der Waals surface area contributed by atoms with E-state index in [-0.39, 0.29) is 24.1 Å². The number of halogens is 2. The Morgan fingerprint density at radius 1 is 0.949 bits per heavy atom. The number of aliphatic carboxylic acids is 1. The summed E-state index contributed by atoms with van der Waals surface area (Å²) in [5, 5.41) is 11.7. The molecule has 39 heavy (non-hydrogen) atoms. The molecule has 1 aliphatic heterocycles. The second-order valence-corrected chi connectivity index (χ2v) is 10.4. The van der Waals surface area contributed by atoms with Gasteiger partial charge >= 0.3 is 12.0 Å². The Morgan fingerprint density at radius 3 is 2.33 bits per heavy atom. The third kappa shape index (κ3) is 6.05. The first kappa shape index (κ1) is 26.7. The fourth-order valence-electron chi connectivity index (χ4n) is 5.59.